The van der Waals surface area contributed by atoms with Crippen molar-refractivity contribution in [3.8, 4) is 28.4 Å². The Balaban J connectivity index is 2.11. The number of fused-ring (bicyclic) bond motifs is 2. The zero-order chi connectivity index (χ0) is 16.8. The summed E-state index contributed by atoms with van der Waals surface area (Å²) >= 11 is 5.91. The molecular formula is C17H10ClNO5. The normalized spacial score (nSPS) is 12.5. The summed E-state index contributed by atoms with van der Waals surface area (Å²) < 4.78 is 10.5. The molecule has 1 aliphatic rings. The lowest BCUT2D eigenvalue weighted by molar-refractivity contribution is 0.174. The van der Waals surface area contributed by atoms with Crippen molar-refractivity contribution in [1.29, 1.82) is 0 Å². The van der Waals surface area contributed by atoms with Crippen LogP contribution in [0.3, 0.4) is 0 Å². The van der Waals surface area contributed by atoms with Crippen LogP contribution in [-0.2, 0) is 0 Å². The molecule has 0 atom stereocenters. The van der Waals surface area contributed by atoms with Crippen LogP contribution in [0.25, 0.3) is 22.0 Å². The third-order valence-corrected chi connectivity index (χ3v) is 4.05. The summed E-state index contributed by atoms with van der Waals surface area (Å²) in [6.07, 6.45) is 0. The van der Waals surface area contributed by atoms with Gasteiger partial charge in [0.15, 0.2) is 22.7 Å². The van der Waals surface area contributed by atoms with Gasteiger partial charge in [-0.25, -0.2) is 0 Å². The number of ether oxygens (including phenoxy) is 2. The topological polar surface area (TPSA) is 88.6 Å². The molecule has 0 aliphatic carbocycles. The number of aromatic hydroxyl groups is 1. The van der Waals surface area contributed by atoms with Gasteiger partial charge >= 0.3 is 0 Å². The van der Waals surface area contributed by atoms with Gasteiger partial charge in [-0.3, -0.25) is 9.59 Å². The Morgan fingerprint density at radius 3 is 2.67 bits per heavy atom. The fourth-order valence-electron chi connectivity index (χ4n) is 2.68. The highest BCUT2D eigenvalue weighted by Gasteiger charge is 2.19. The van der Waals surface area contributed by atoms with Crippen molar-refractivity contribution in [1.82, 2.24) is 4.98 Å². The van der Waals surface area contributed by atoms with Gasteiger partial charge in [0.25, 0.3) is 5.56 Å². The minimum absolute atomic E-state index is 0.0829. The van der Waals surface area contributed by atoms with E-state index in [2.05, 4.69) is 4.98 Å². The van der Waals surface area contributed by atoms with Crippen molar-refractivity contribution < 1.29 is 14.6 Å². The van der Waals surface area contributed by atoms with Gasteiger partial charge in [-0.2, -0.15) is 0 Å². The zero-order valence-electron chi connectivity index (χ0n) is 12.1. The maximum atomic E-state index is 12.9. The first kappa shape index (κ1) is 14.6. The molecule has 0 radical (unpaired) electrons. The second kappa shape index (κ2) is 5.28. The van der Waals surface area contributed by atoms with Crippen LogP contribution in [0.5, 0.6) is 17.2 Å². The van der Waals surface area contributed by atoms with Crippen LogP contribution < -0.4 is 20.5 Å². The molecule has 0 spiro atoms. The standard InChI is InChI=1S/C17H10ClNO5/c18-9-2-3-10-11(6-9)19-17(22)16(21)14(15(10)20)8-1-4-12-13(5-8)24-7-23-12/h1-6,21H,7H2,(H,19,22). The molecule has 1 aliphatic heterocycles. The van der Waals surface area contributed by atoms with Crippen LogP contribution in [0.2, 0.25) is 5.02 Å². The molecule has 0 fully saturated rings. The van der Waals surface area contributed by atoms with Crippen molar-refractivity contribution in [3.63, 3.8) is 0 Å². The Morgan fingerprint density at radius 1 is 1.04 bits per heavy atom. The quantitative estimate of drug-likeness (QED) is 0.709. The maximum absolute atomic E-state index is 12.9. The Kier molecular flexibility index (Phi) is 3.21. The minimum atomic E-state index is -0.781. The van der Waals surface area contributed by atoms with Crippen LogP contribution in [0.4, 0.5) is 0 Å². The molecule has 2 aromatic carbocycles. The van der Waals surface area contributed by atoms with Gasteiger partial charge in [-0.15, -0.1) is 0 Å². The molecule has 6 nitrogen and oxygen atoms in total. The Labute approximate surface area is 139 Å². The van der Waals surface area contributed by atoms with E-state index in [0.717, 1.165) is 0 Å². The fraction of sp³-hybridized carbons (Fsp3) is 0.0588. The summed E-state index contributed by atoms with van der Waals surface area (Å²) in [4.78, 5) is 27.5. The molecule has 4 rings (SSSR count). The first-order valence-electron chi connectivity index (χ1n) is 7.03. The monoisotopic (exact) mass is 343 g/mol. The highest BCUT2D eigenvalue weighted by atomic mass is 35.5. The lowest BCUT2D eigenvalue weighted by Crippen LogP contribution is -2.05. The molecule has 24 heavy (non-hydrogen) atoms. The largest absolute Gasteiger partial charge is 0.502 e. The predicted molar refractivity (Wildman–Crippen MR) is 89.1 cm³/mol. The second-order valence-corrected chi connectivity index (χ2v) is 5.70. The first-order valence-corrected chi connectivity index (χ1v) is 7.41. The van der Waals surface area contributed by atoms with Crippen LogP contribution >= 0.6 is 11.6 Å². The van der Waals surface area contributed by atoms with Crippen molar-refractivity contribution in [2.45, 2.75) is 0 Å². The number of rotatable bonds is 1. The molecular weight excluding hydrogens is 334 g/mol. The lowest BCUT2D eigenvalue weighted by Gasteiger charge is -2.02. The second-order valence-electron chi connectivity index (χ2n) is 5.26. The summed E-state index contributed by atoms with van der Waals surface area (Å²) in [6, 6.07) is 9.28. The SMILES string of the molecule is O=c1[nH]c2cc(Cl)ccc2c(=O)c(-c2ccc3c(c2)OCO3)c1O. The van der Waals surface area contributed by atoms with E-state index in [9.17, 15) is 14.7 Å². The summed E-state index contributed by atoms with van der Waals surface area (Å²) in [5.74, 6) is 0.323. The number of hydrogen-bond acceptors (Lipinski definition) is 5. The molecule has 120 valence electrons. The molecule has 2 heterocycles. The van der Waals surface area contributed by atoms with E-state index in [-0.39, 0.29) is 23.3 Å². The van der Waals surface area contributed by atoms with E-state index in [1.165, 1.54) is 12.1 Å². The molecule has 0 unspecified atom stereocenters. The molecule has 0 saturated carbocycles. The third kappa shape index (κ3) is 2.19. The van der Waals surface area contributed by atoms with Crippen LogP contribution in [0, 0.1) is 0 Å². The van der Waals surface area contributed by atoms with Crippen LogP contribution in [-0.4, -0.2) is 16.9 Å². The number of aromatic nitrogens is 1. The van der Waals surface area contributed by atoms with E-state index in [1.54, 1.807) is 24.3 Å². The number of hydrogen-bond donors (Lipinski definition) is 2. The summed E-state index contributed by atoms with van der Waals surface area (Å²) in [7, 11) is 0. The Morgan fingerprint density at radius 2 is 1.83 bits per heavy atom. The van der Waals surface area contributed by atoms with Gasteiger partial charge in [0.1, 0.15) is 0 Å². The third-order valence-electron chi connectivity index (χ3n) is 3.81. The summed E-state index contributed by atoms with van der Waals surface area (Å²) in [5.41, 5.74) is -0.764. The average Bonchev–Trinajstić information content (AvgIpc) is 2.99. The number of benzene rings is 2. The zero-order valence-corrected chi connectivity index (χ0v) is 12.9. The number of halogens is 1. The van der Waals surface area contributed by atoms with E-state index >= 15 is 0 Å². The van der Waals surface area contributed by atoms with E-state index in [1.807, 2.05) is 0 Å². The Hall–Kier alpha value is -2.99. The van der Waals surface area contributed by atoms with Gasteiger partial charge in [0, 0.05) is 10.4 Å². The van der Waals surface area contributed by atoms with Crippen LogP contribution in [0.15, 0.2) is 46.0 Å². The van der Waals surface area contributed by atoms with Gasteiger partial charge < -0.3 is 19.6 Å². The van der Waals surface area contributed by atoms with Gasteiger partial charge in [-0.05, 0) is 35.9 Å². The molecule has 0 saturated heterocycles. The molecule has 0 amide bonds. The van der Waals surface area contributed by atoms with Crippen molar-refractivity contribution in [2.75, 3.05) is 6.79 Å². The van der Waals surface area contributed by atoms with Crippen molar-refractivity contribution in [2.24, 2.45) is 0 Å². The smallest absolute Gasteiger partial charge is 0.291 e. The molecule has 3 aromatic rings. The summed E-state index contributed by atoms with van der Waals surface area (Å²) in [6.45, 7) is 0.0829. The Bertz CT molecular complexity index is 1110. The van der Waals surface area contributed by atoms with Gasteiger partial charge in [-0.1, -0.05) is 17.7 Å². The summed E-state index contributed by atoms with van der Waals surface area (Å²) in [5, 5.41) is 10.9. The number of H-pyrrole nitrogens is 1. The number of aromatic amines is 1. The van der Waals surface area contributed by atoms with Gasteiger partial charge in [0.2, 0.25) is 6.79 Å². The van der Waals surface area contributed by atoms with E-state index in [4.69, 9.17) is 21.1 Å². The van der Waals surface area contributed by atoms with Crippen molar-refractivity contribution >= 4 is 22.5 Å². The predicted octanol–water partition coefficient (Wildman–Crippen LogP) is 2.64. The fourth-order valence-corrected chi connectivity index (χ4v) is 2.85. The van der Waals surface area contributed by atoms with Crippen LogP contribution in [0.1, 0.15) is 0 Å². The van der Waals surface area contributed by atoms with E-state index < -0.39 is 16.7 Å². The molecule has 2 N–H and O–H groups in total. The number of nitrogens with one attached hydrogen (secondary N) is 1. The lowest BCUT2D eigenvalue weighted by atomic mass is 10.0. The molecule has 7 heteroatoms. The van der Waals surface area contributed by atoms with Gasteiger partial charge in [0.05, 0.1) is 11.1 Å². The maximum Gasteiger partial charge on any atom is 0.291 e. The molecule has 0 bridgehead atoms. The van der Waals surface area contributed by atoms with E-state index in [0.29, 0.717) is 22.1 Å². The highest BCUT2D eigenvalue weighted by Crippen LogP contribution is 2.36. The first-order chi connectivity index (χ1) is 11.5. The highest BCUT2D eigenvalue weighted by molar-refractivity contribution is 6.31. The average molecular weight is 344 g/mol. The molecule has 1 aromatic heterocycles. The minimum Gasteiger partial charge on any atom is -0.502 e. The van der Waals surface area contributed by atoms with Crippen molar-refractivity contribution in [3.05, 3.63) is 62.0 Å².